The molecule has 0 bridgehead atoms. The minimum Gasteiger partial charge on any atom is -0.363 e. The molecule has 0 saturated carbocycles. The van der Waals surface area contributed by atoms with Crippen LogP contribution in [0.5, 0.6) is 0 Å². The van der Waals surface area contributed by atoms with Crippen LogP contribution in [0.3, 0.4) is 0 Å². The fourth-order valence-corrected chi connectivity index (χ4v) is 3.16. The fraction of sp³-hybridized carbons (Fsp3) is 0.235. The summed E-state index contributed by atoms with van der Waals surface area (Å²) in [6.07, 6.45) is 2.73. The summed E-state index contributed by atoms with van der Waals surface area (Å²) in [7, 11) is 3.86. The Bertz CT molecular complexity index is 778. The summed E-state index contributed by atoms with van der Waals surface area (Å²) in [6.45, 7) is 0. The minimum absolute atomic E-state index is 0.0244. The second-order valence-corrected chi connectivity index (χ2v) is 6.54. The third-order valence-electron chi connectivity index (χ3n) is 3.39. The number of carbonyl (C=O) groups is 1. The maximum Gasteiger partial charge on any atom is 0.224 e. The SMILES string of the molecule is CN(C)c1ccc(NC(=O)CCc2nc3ccccc3s2)cn1. The van der Waals surface area contributed by atoms with E-state index < -0.39 is 0 Å². The predicted octanol–water partition coefficient (Wildman–Crippen LogP) is 3.33. The largest absolute Gasteiger partial charge is 0.363 e. The van der Waals surface area contributed by atoms with Crippen LogP contribution in [0.15, 0.2) is 42.6 Å². The smallest absolute Gasteiger partial charge is 0.224 e. The molecule has 2 heterocycles. The van der Waals surface area contributed by atoms with Gasteiger partial charge in [-0.05, 0) is 24.3 Å². The highest BCUT2D eigenvalue weighted by atomic mass is 32.1. The van der Waals surface area contributed by atoms with Crippen LogP contribution >= 0.6 is 11.3 Å². The zero-order valence-corrected chi connectivity index (χ0v) is 13.9. The number of hydrogen-bond acceptors (Lipinski definition) is 5. The van der Waals surface area contributed by atoms with Gasteiger partial charge in [0.1, 0.15) is 5.82 Å². The molecule has 0 aliphatic carbocycles. The van der Waals surface area contributed by atoms with Crippen LogP contribution in [-0.2, 0) is 11.2 Å². The predicted molar refractivity (Wildman–Crippen MR) is 95.1 cm³/mol. The molecule has 3 rings (SSSR count). The number of aromatic nitrogens is 2. The average Bonchev–Trinajstić information content (AvgIpc) is 2.96. The Morgan fingerprint density at radius 1 is 1.22 bits per heavy atom. The van der Waals surface area contributed by atoms with E-state index in [9.17, 15) is 4.79 Å². The molecule has 1 N–H and O–H groups in total. The van der Waals surface area contributed by atoms with E-state index in [4.69, 9.17) is 0 Å². The highest BCUT2D eigenvalue weighted by Gasteiger charge is 2.08. The third-order valence-corrected chi connectivity index (χ3v) is 4.49. The van der Waals surface area contributed by atoms with Gasteiger partial charge in [-0.15, -0.1) is 11.3 Å². The summed E-state index contributed by atoms with van der Waals surface area (Å²) in [4.78, 5) is 22.8. The number of anilines is 2. The topological polar surface area (TPSA) is 58.1 Å². The molecule has 0 aliphatic rings. The molecule has 0 atom stereocenters. The molecule has 5 nitrogen and oxygen atoms in total. The molecule has 0 radical (unpaired) electrons. The molecule has 0 spiro atoms. The van der Waals surface area contributed by atoms with Gasteiger partial charge in [0.25, 0.3) is 0 Å². The van der Waals surface area contributed by atoms with Gasteiger partial charge in [-0.25, -0.2) is 9.97 Å². The van der Waals surface area contributed by atoms with Gasteiger partial charge in [-0.2, -0.15) is 0 Å². The van der Waals surface area contributed by atoms with E-state index in [-0.39, 0.29) is 5.91 Å². The zero-order valence-electron chi connectivity index (χ0n) is 13.1. The van der Waals surface area contributed by atoms with Crippen molar-refractivity contribution < 1.29 is 4.79 Å². The van der Waals surface area contributed by atoms with Crippen molar-refractivity contribution in [3.63, 3.8) is 0 Å². The number of rotatable bonds is 5. The number of aryl methyl sites for hydroxylation is 1. The van der Waals surface area contributed by atoms with Crippen LogP contribution in [0.1, 0.15) is 11.4 Å². The van der Waals surface area contributed by atoms with E-state index in [2.05, 4.69) is 21.4 Å². The molecule has 23 heavy (non-hydrogen) atoms. The molecule has 0 unspecified atom stereocenters. The minimum atomic E-state index is -0.0244. The molecule has 0 saturated heterocycles. The van der Waals surface area contributed by atoms with Crippen LogP contribution in [-0.4, -0.2) is 30.0 Å². The van der Waals surface area contributed by atoms with Crippen molar-refractivity contribution in [1.29, 1.82) is 0 Å². The van der Waals surface area contributed by atoms with Gasteiger partial charge in [-0.1, -0.05) is 12.1 Å². The maximum atomic E-state index is 12.0. The van der Waals surface area contributed by atoms with E-state index in [0.29, 0.717) is 18.5 Å². The van der Waals surface area contributed by atoms with E-state index in [1.54, 1.807) is 17.5 Å². The molecule has 2 aromatic heterocycles. The van der Waals surface area contributed by atoms with Crippen LogP contribution in [0.25, 0.3) is 10.2 Å². The number of nitrogens with zero attached hydrogens (tertiary/aromatic N) is 3. The van der Waals surface area contributed by atoms with Crippen molar-refractivity contribution in [2.75, 3.05) is 24.3 Å². The normalized spacial score (nSPS) is 10.7. The monoisotopic (exact) mass is 326 g/mol. The molecular formula is C17H18N4OS. The van der Waals surface area contributed by atoms with E-state index >= 15 is 0 Å². The number of pyridine rings is 1. The Hall–Kier alpha value is -2.47. The summed E-state index contributed by atoms with van der Waals surface area (Å²) < 4.78 is 1.16. The quantitative estimate of drug-likeness (QED) is 0.781. The summed E-state index contributed by atoms with van der Waals surface area (Å²) in [5.74, 6) is 0.834. The first-order chi connectivity index (χ1) is 11.1. The van der Waals surface area contributed by atoms with Crippen molar-refractivity contribution in [3.8, 4) is 0 Å². The standard InChI is InChI=1S/C17H18N4OS/c1-21(2)15-8-7-12(11-18-15)19-16(22)9-10-17-20-13-5-3-4-6-14(13)23-17/h3-8,11H,9-10H2,1-2H3,(H,19,22). The van der Waals surface area contributed by atoms with Crippen LogP contribution in [0.2, 0.25) is 0 Å². The van der Waals surface area contributed by atoms with Gasteiger partial charge in [0.2, 0.25) is 5.91 Å². The Morgan fingerprint density at radius 3 is 2.74 bits per heavy atom. The lowest BCUT2D eigenvalue weighted by Crippen LogP contribution is -2.14. The number of para-hydroxylation sites is 1. The number of carbonyl (C=O) groups excluding carboxylic acids is 1. The molecular weight excluding hydrogens is 308 g/mol. The van der Waals surface area contributed by atoms with Crippen molar-refractivity contribution in [3.05, 3.63) is 47.6 Å². The van der Waals surface area contributed by atoms with Crippen LogP contribution in [0, 0.1) is 0 Å². The number of fused-ring (bicyclic) bond motifs is 1. The second kappa shape index (κ2) is 6.75. The summed E-state index contributed by atoms with van der Waals surface area (Å²) in [5, 5.41) is 3.86. The molecule has 6 heteroatoms. The van der Waals surface area contributed by atoms with E-state index in [0.717, 1.165) is 21.0 Å². The average molecular weight is 326 g/mol. The number of thiazole rings is 1. The number of nitrogens with one attached hydrogen (secondary N) is 1. The molecule has 3 aromatic rings. The van der Waals surface area contributed by atoms with E-state index in [1.165, 1.54) is 0 Å². The first-order valence-electron chi connectivity index (χ1n) is 7.39. The first kappa shape index (κ1) is 15.4. The zero-order chi connectivity index (χ0) is 16.2. The van der Waals surface area contributed by atoms with Crippen molar-refractivity contribution in [2.45, 2.75) is 12.8 Å². The molecule has 0 fully saturated rings. The third kappa shape index (κ3) is 3.84. The Kier molecular flexibility index (Phi) is 4.52. The molecule has 118 valence electrons. The van der Waals surface area contributed by atoms with Crippen molar-refractivity contribution in [1.82, 2.24) is 9.97 Å². The first-order valence-corrected chi connectivity index (χ1v) is 8.21. The second-order valence-electron chi connectivity index (χ2n) is 5.42. The van der Waals surface area contributed by atoms with Crippen molar-refractivity contribution in [2.24, 2.45) is 0 Å². The van der Waals surface area contributed by atoms with Crippen LogP contribution < -0.4 is 10.2 Å². The highest BCUT2D eigenvalue weighted by Crippen LogP contribution is 2.22. The fourth-order valence-electron chi connectivity index (χ4n) is 2.20. The Labute approximate surface area is 139 Å². The highest BCUT2D eigenvalue weighted by molar-refractivity contribution is 7.18. The summed E-state index contributed by atoms with van der Waals surface area (Å²) in [6, 6.07) is 11.8. The summed E-state index contributed by atoms with van der Waals surface area (Å²) >= 11 is 1.64. The van der Waals surface area contributed by atoms with Gasteiger partial charge >= 0.3 is 0 Å². The Morgan fingerprint density at radius 2 is 2.04 bits per heavy atom. The number of amides is 1. The maximum absolute atomic E-state index is 12.0. The van der Waals surface area contributed by atoms with Crippen molar-refractivity contribution >= 4 is 39.0 Å². The van der Waals surface area contributed by atoms with Gasteiger partial charge < -0.3 is 10.2 Å². The van der Waals surface area contributed by atoms with Gasteiger partial charge in [0.15, 0.2) is 0 Å². The number of hydrogen-bond donors (Lipinski definition) is 1. The lowest BCUT2D eigenvalue weighted by atomic mass is 10.3. The lowest BCUT2D eigenvalue weighted by molar-refractivity contribution is -0.116. The van der Waals surface area contributed by atoms with Gasteiger partial charge in [-0.3, -0.25) is 4.79 Å². The lowest BCUT2D eigenvalue weighted by Gasteiger charge is -2.11. The molecule has 1 amide bonds. The van der Waals surface area contributed by atoms with Gasteiger partial charge in [0, 0.05) is 26.9 Å². The Balaban J connectivity index is 1.56. The van der Waals surface area contributed by atoms with Gasteiger partial charge in [0.05, 0.1) is 27.1 Å². The summed E-state index contributed by atoms with van der Waals surface area (Å²) in [5.41, 5.74) is 1.71. The van der Waals surface area contributed by atoms with E-state index in [1.807, 2.05) is 49.3 Å². The number of benzene rings is 1. The van der Waals surface area contributed by atoms with Crippen LogP contribution in [0.4, 0.5) is 11.5 Å². The molecule has 0 aliphatic heterocycles. The molecule has 1 aromatic carbocycles.